The Kier molecular flexibility index (Phi) is 3.30. The molecule has 0 aliphatic carbocycles. The first-order valence-electron chi connectivity index (χ1n) is 8.11. The molecule has 21 heavy (non-hydrogen) atoms. The summed E-state index contributed by atoms with van der Waals surface area (Å²) in [6.45, 7) is 5.46. The topological polar surface area (TPSA) is 45.5 Å². The zero-order chi connectivity index (χ0) is 14.2. The molecule has 2 aromatic rings. The van der Waals surface area contributed by atoms with Gasteiger partial charge in [-0.1, -0.05) is 0 Å². The highest BCUT2D eigenvalue weighted by molar-refractivity contribution is 5.46. The van der Waals surface area contributed by atoms with Gasteiger partial charge in [0.15, 0.2) is 5.65 Å². The number of rotatable bonds is 2. The van der Waals surface area contributed by atoms with Crippen molar-refractivity contribution in [3.05, 3.63) is 23.9 Å². The van der Waals surface area contributed by atoms with Crippen LogP contribution < -0.4 is 10.2 Å². The molecule has 0 spiro atoms. The molecule has 0 radical (unpaired) electrons. The van der Waals surface area contributed by atoms with Crippen LogP contribution in [0.15, 0.2) is 18.3 Å². The van der Waals surface area contributed by atoms with Crippen LogP contribution in [-0.4, -0.2) is 40.3 Å². The molecule has 0 aromatic carbocycles. The summed E-state index contributed by atoms with van der Waals surface area (Å²) in [4.78, 5) is 7.02. The van der Waals surface area contributed by atoms with Crippen molar-refractivity contribution in [1.82, 2.24) is 19.9 Å². The van der Waals surface area contributed by atoms with Gasteiger partial charge in [-0.3, -0.25) is 0 Å². The van der Waals surface area contributed by atoms with E-state index in [1.165, 1.54) is 37.8 Å². The molecule has 0 bridgehead atoms. The third-order valence-electron chi connectivity index (χ3n) is 4.97. The highest BCUT2D eigenvalue weighted by atomic mass is 15.4. The summed E-state index contributed by atoms with van der Waals surface area (Å²) >= 11 is 0. The number of fused-ring (bicyclic) bond motifs is 1. The van der Waals surface area contributed by atoms with E-state index in [1.807, 2.05) is 10.7 Å². The molecule has 5 heteroatoms. The number of nitrogens with zero attached hydrogens (tertiary/aromatic N) is 4. The quantitative estimate of drug-likeness (QED) is 0.917. The van der Waals surface area contributed by atoms with Gasteiger partial charge in [0, 0.05) is 25.3 Å². The average Bonchev–Trinajstić information content (AvgIpc) is 3.16. The lowest BCUT2D eigenvalue weighted by Gasteiger charge is -2.34. The number of hydrogen-bond acceptors (Lipinski definition) is 4. The Hall–Kier alpha value is -1.62. The van der Waals surface area contributed by atoms with Crippen LogP contribution in [0.4, 0.5) is 5.95 Å². The van der Waals surface area contributed by atoms with Gasteiger partial charge in [-0.15, -0.1) is 5.10 Å². The molecular weight excluding hydrogens is 262 g/mol. The van der Waals surface area contributed by atoms with E-state index in [4.69, 9.17) is 0 Å². The van der Waals surface area contributed by atoms with Crippen molar-refractivity contribution < 1.29 is 0 Å². The summed E-state index contributed by atoms with van der Waals surface area (Å²) in [6, 6.07) is 4.92. The number of nitrogens with one attached hydrogen (secondary N) is 1. The SMILES string of the molecule is Cc1ccn2nc(N3CCC(C4CCCN4)CC3)nc2c1. The first-order chi connectivity index (χ1) is 10.3. The van der Waals surface area contributed by atoms with Gasteiger partial charge in [-0.05, 0) is 62.8 Å². The maximum atomic E-state index is 4.68. The molecule has 5 nitrogen and oxygen atoms in total. The number of pyridine rings is 1. The van der Waals surface area contributed by atoms with Crippen molar-refractivity contribution in [3.63, 3.8) is 0 Å². The number of piperidine rings is 1. The molecule has 4 heterocycles. The van der Waals surface area contributed by atoms with Crippen molar-refractivity contribution in [3.8, 4) is 0 Å². The lowest BCUT2D eigenvalue weighted by molar-refractivity contribution is 0.317. The second-order valence-corrected chi connectivity index (χ2v) is 6.45. The first kappa shape index (κ1) is 13.1. The summed E-state index contributed by atoms with van der Waals surface area (Å²) in [7, 11) is 0. The minimum atomic E-state index is 0.754. The zero-order valence-corrected chi connectivity index (χ0v) is 12.6. The van der Waals surface area contributed by atoms with Crippen LogP contribution >= 0.6 is 0 Å². The Bertz CT molecular complexity index is 621. The highest BCUT2D eigenvalue weighted by Gasteiger charge is 2.29. The molecular formula is C16H23N5. The summed E-state index contributed by atoms with van der Waals surface area (Å²) in [5, 5.41) is 8.27. The fourth-order valence-electron chi connectivity index (χ4n) is 3.72. The summed E-state index contributed by atoms with van der Waals surface area (Å²) in [6.07, 6.45) is 7.21. The molecule has 2 fully saturated rings. The van der Waals surface area contributed by atoms with Crippen molar-refractivity contribution in [2.45, 2.75) is 38.6 Å². The maximum Gasteiger partial charge on any atom is 0.245 e. The molecule has 2 saturated heterocycles. The molecule has 2 aromatic heterocycles. The number of aryl methyl sites for hydroxylation is 1. The predicted octanol–water partition coefficient (Wildman–Crippen LogP) is 2.01. The smallest absolute Gasteiger partial charge is 0.245 e. The van der Waals surface area contributed by atoms with E-state index in [0.29, 0.717) is 0 Å². The Labute approximate surface area is 125 Å². The minimum Gasteiger partial charge on any atom is -0.339 e. The normalized spacial score (nSPS) is 24.0. The fourth-order valence-corrected chi connectivity index (χ4v) is 3.72. The van der Waals surface area contributed by atoms with Crippen LogP contribution in [0.1, 0.15) is 31.2 Å². The molecule has 2 aliphatic rings. The number of aromatic nitrogens is 3. The average molecular weight is 285 g/mol. The molecule has 0 amide bonds. The largest absolute Gasteiger partial charge is 0.339 e. The van der Waals surface area contributed by atoms with Crippen LogP contribution in [0.3, 0.4) is 0 Å². The minimum absolute atomic E-state index is 0.754. The van der Waals surface area contributed by atoms with Gasteiger partial charge in [0.1, 0.15) is 0 Å². The lowest BCUT2D eigenvalue weighted by atomic mass is 9.89. The van der Waals surface area contributed by atoms with Crippen molar-refractivity contribution in [2.24, 2.45) is 5.92 Å². The van der Waals surface area contributed by atoms with Crippen molar-refractivity contribution in [1.29, 1.82) is 0 Å². The Morgan fingerprint density at radius 3 is 2.86 bits per heavy atom. The number of hydrogen-bond donors (Lipinski definition) is 1. The standard InChI is InChI=1S/C16H23N5/c1-12-4-10-21-15(11-12)18-16(19-21)20-8-5-13(6-9-20)14-3-2-7-17-14/h4,10-11,13-14,17H,2-3,5-9H2,1H3. The van der Waals surface area contributed by atoms with Gasteiger partial charge in [0.2, 0.25) is 5.95 Å². The third kappa shape index (κ3) is 2.50. The summed E-state index contributed by atoms with van der Waals surface area (Å²) in [5.74, 6) is 1.72. The predicted molar refractivity (Wildman–Crippen MR) is 83.7 cm³/mol. The fraction of sp³-hybridized carbons (Fsp3) is 0.625. The van der Waals surface area contributed by atoms with Gasteiger partial charge in [0.05, 0.1) is 0 Å². The van der Waals surface area contributed by atoms with E-state index >= 15 is 0 Å². The highest BCUT2D eigenvalue weighted by Crippen LogP contribution is 2.27. The van der Waals surface area contributed by atoms with Crippen LogP contribution in [0.5, 0.6) is 0 Å². The molecule has 1 atom stereocenters. The van der Waals surface area contributed by atoms with Crippen molar-refractivity contribution in [2.75, 3.05) is 24.5 Å². The van der Waals surface area contributed by atoms with Crippen molar-refractivity contribution >= 4 is 11.6 Å². The van der Waals surface area contributed by atoms with Gasteiger partial charge in [-0.25, -0.2) is 4.52 Å². The van der Waals surface area contributed by atoms with E-state index in [-0.39, 0.29) is 0 Å². The molecule has 0 saturated carbocycles. The van der Waals surface area contributed by atoms with Gasteiger partial charge < -0.3 is 10.2 Å². The summed E-state index contributed by atoms with van der Waals surface area (Å²) < 4.78 is 1.88. The molecule has 112 valence electrons. The Morgan fingerprint density at radius 1 is 1.24 bits per heavy atom. The van der Waals surface area contributed by atoms with Gasteiger partial charge in [0.25, 0.3) is 0 Å². The second-order valence-electron chi connectivity index (χ2n) is 6.45. The third-order valence-corrected chi connectivity index (χ3v) is 4.97. The molecule has 1 unspecified atom stereocenters. The molecule has 2 aliphatic heterocycles. The van der Waals surface area contributed by atoms with E-state index in [9.17, 15) is 0 Å². The van der Waals surface area contributed by atoms with E-state index in [2.05, 4.69) is 39.4 Å². The molecule has 4 rings (SSSR count). The summed E-state index contributed by atoms with van der Waals surface area (Å²) in [5.41, 5.74) is 2.18. The van der Waals surface area contributed by atoms with E-state index in [1.54, 1.807) is 0 Å². The van der Waals surface area contributed by atoms with Crippen LogP contribution in [0.2, 0.25) is 0 Å². The number of anilines is 1. The second kappa shape index (κ2) is 5.30. The van der Waals surface area contributed by atoms with Gasteiger partial charge >= 0.3 is 0 Å². The van der Waals surface area contributed by atoms with Gasteiger partial charge in [-0.2, -0.15) is 4.98 Å². The Balaban J connectivity index is 1.46. The molecule has 1 N–H and O–H groups in total. The van der Waals surface area contributed by atoms with E-state index < -0.39 is 0 Å². The first-order valence-corrected chi connectivity index (χ1v) is 8.11. The van der Waals surface area contributed by atoms with Crippen LogP contribution in [0.25, 0.3) is 5.65 Å². The van der Waals surface area contributed by atoms with E-state index in [0.717, 1.165) is 36.6 Å². The monoisotopic (exact) mass is 285 g/mol. The van der Waals surface area contributed by atoms with Crippen LogP contribution in [0, 0.1) is 12.8 Å². The zero-order valence-electron chi connectivity index (χ0n) is 12.6. The Morgan fingerprint density at radius 2 is 2.10 bits per heavy atom. The van der Waals surface area contributed by atoms with Crippen LogP contribution in [-0.2, 0) is 0 Å². The lowest BCUT2D eigenvalue weighted by Crippen LogP contribution is -2.41. The maximum absolute atomic E-state index is 4.68.